The number of halogens is 2. The number of carbonyl (C=O) groups is 2. The molecule has 0 atom stereocenters. The van der Waals surface area contributed by atoms with Gasteiger partial charge in [-0.05, 0) is 55.5 Å². The van der Waals surface area contributed by atoms with E-state index < -0.39 is 5.41 Å². The van der Waals surface area contributed by atoms with Crippen molar-refractivity contribution in [1.29, 1.82) is 0 Å². The fraction of sp³-hybridized carbons (Fsp3) is 0.300. The molecule has 4 rings (SSSR count). The maximum absolute atomic E-state index is 13.2. The summed E-state index contributed by atoms with van der Waals surface area (Å²) in [6.45, 7) is 0.642. The summed E-state index contributed by atoms with van der Waals surface area (Å²) < 4.78 is 0. The lowest BCUT2D eigenvalue weighted by Crippen LogP contribution is -2.45. The number of benzene rings is 2. The first-order valence-corrected chi connectivity index (χ1v) is 9.43. The number of hydrogen-bond donors (Lipinski definition) is 1. The van der Waals surface area contributed by atoms with Crippen molar-refractivity contribution in [3.63, 3.8) is 0 Å². The van der Waals surface area contributed by atoms with Crippen LogP contribution in [-0.2, 0) is 16.0 Å². The van der Waals surface area contributed by atoms with E-state index in [4.69, 9.17) is 23.2 Å². The van der Waals surface area contributed by atoms with Crippen LogP contribution in [0, 0.1) is 5.41 Å². The predicted molar refractivity (Wildman–Crippen MR) is 104 cm³/mol. The topological polar surface area (TPSA) is 49.4 Å². The second kappa shape index (κ2) is 6.60. The molecule has 1 aliphatic carbocycles. The van der Waals surface area contributed by atoms with Crippen molar-refractivity contribution in [2.75, 3.05) is 16.8 Å². The zero-order valence-corrected chi connectivity index (χ0v) is 15.6. The second-order valence-corrected chi connectivity index (χ2v) is 7.69. The van der Waals surface area contributed by atoms with Gasteiger partial charge in [-0.2, -0.15) is 0 Å². The average Bonchev–Trinajstić information content (AvgIpc) is 3.46. The van der Waals surface area contributed by atoms with E-state index in [0.717, 1.165) is 24.1 Å². The Labute approximate surface area is 162 Å². The lowest BCUT2D eigenvalue weighted by molar-refractivity contribution is -0.132. The number of para-hydroxylation sites is 1. The van der Waals surface area contributed by atoms with E-state index in [1.54, 1.807) is 23.1 Å². The quantitative estimate of drug-likeness (QED) is 0.775. The van der Waals surface area contributed by atoms with Crippen LogP contribution in [0.5, 0.6) is 0 Å². The number of aryl methyl sites for hydroxylation is 1. The maximum atomic E-state index is 13.2. The number of rotatable bonds is 3. The van der Waals surface area contributed by atoms with Crippen molar-refractivity contribution in [2.24, 2.45) is 5.41 Å². The van der Waals surface area contributed by atoms with E-state index in [9.17, 15) is 9.59 Å². The van der Waals surface area contributed by atoms with Crippen molar-refractivity contribution in [3.8, 4) is 0 Å². The highest BCUT2D eigenvalue weighted by molar-refractivity contribution is 6.36. The molecule has 0 spiro atoms. The van der Waals surface area contributed by atoms with E-state index in [-0.39, 0.29) is 11.8 Å². The lowest BCUT2D eigenvalue weighted by Gasteiger charge is -2.32. The molecule has 1 saturated carbocycles. The van der Waals surface area contributed by atoms with Crippen LogP contribution in [0.15, 0.2) is 42.5 Å². The van der Waals surface area contributed by atoms with Crippen LogP contribution in [0.4, 0.5) is 11.4 Å². The van der Waals surface area contributed by atoms with Crippen molar-refractivity contribution in [1.82, 2.24) is 0 Å². The molecule has 1 N–H and O–H groups in total. The maximum Gasteiger partial charge on any atom is 0.242 e. The Bertz CT molecular complexity index is 893. The summed E-state index contributed by atoms with van der Waals surface area (Å²) in [6.07, 6.45) is 2.96. The van der Waals surface area contributed by atoms with Crippen LogP contribution < -0.4 is 10.2 Å². The first kappa shape index (κ1) is 17.4. The van der Waals surface area contributed by atoms with Gasteiger partial charge in [0.15, 0.2) is 0 Å². The third-order valence-corrected chi connectivity index (χ3v) is 5.69. The van der Waals surface area contributed by atoms with E-state index in [1.165, 1.54) is 0 Å². The summed E-state index contributed by atoms with van der Waals surface area (Å²) in [4.78, 5) is 27.9. The Morgan fingerprint density at radius 2 is 1.85 bits per heavy atom. The molecule has 0 aromatic heterocycles. The smallest absolute Gasteiger partial charge is 0.242 e. The number of hydrogen-bond acceptors (Lipinski definition) is 2. The van der Waals surface area contributed by atoms with Crippen LogP contribution in [0.3, 0.4) is 0 Å². The van der Waals surface area contributed by atoms with Gasteiger partial charge in [-0.25, -0.2) is 0 Å². The Morgan fingerprint density at radius 3 is 2.62 bits per heavy atom. The predicted octanol–water partition coefficient (Wildman–Crippen LogP) is 4.69. The third kappa shape index (κ3) is 2.97. The molecule has 6 heteroatoms. The molecule has 2 aromatic carbocycles. The van der Waals surface area contributed by atoms with Crippen molar-refractivity contribution < 1.29 is 9.59 Å². The summed E-state index contributed by atoms with van der Waals surface area (Å²) >= 11 is 12.1. The summed E-state index contributed by atoms with van der Waals surface area (Å²) in [7, 11) is 0. The number of nitrogens with one attached hydrogen (secondary N) is 1. The normalized spacial score (nSPS) is 17.4. The fourth-order valence-corrected chi connectivity index (χ4v) is 3.84. The van der Waals surface area contributed by atoms with Gasteiger partial charge in [-0.15, -0.1) is 0 Å². The van der Waals surface area contributed by atoms with E-state index >= 15 is 0 Å². The average molecular weight is 389 g/mol. The number of amides is 2. The molecule has 2 aromatic rings. The van der Waals surface area contributed by atoms with Gasteiger partial charge in [0.1, 0.15) is 5.41 Å². The van der Waals surface area contributed by atoms with Crippen LogP contribution in [0.1, 0.15) is 24.8 Å². The van der Waals surface area contributed by atoms with Crippen LogP contribution in [0.25, 0.3) is 0 Å². The molecule has 0 bridgehead atoms. The third-order valence-electron chi connectivity index (χ3n) is 5.13. The molecule has 2 aliphatic rings. The Hall–Kier alpha value is -2.04. The van der Waals surface area contributed by atoms with Gasteiger partial charge in [0.25, 0.3) is 0 Å². The highest BCUT2D eigenvalue weighted by Gasteiger charge is 2.58. The largest absolute Gasteiger partial charge is 0.324 e. The second-order valence-electron chi connectivity index (χ2n) is 6.85. The minimum absolute atomic E-state index is 0.125. The molecule has 134 valence electrons. The van der Waals surface area contributed by atoms with Crippen molar-refractivity contribution in [3.05, 3.63) is 58.1 Å². The van der Waals surface area contributed by atoms with E-state index in [0.29, 0.717) is 35.1 Å². The van der Waals surface area contributed by atoms with Crippen molar-refractivity contribution in [2.45, 2.75) is 25.7 Å². The Balaban J connectivity index is 1.58. The molecule has 1 aliphatic heterocycles. The molecule has 0 saturated heterocycles. The van der Waals surface area contributed by atoms with Crippen molar-refractivity contribution >= 4 is 46.4 Å². The molecule has 2 amide bonds. The standard InChI is InChI=1S/C20H18Cl2N2O2/c21-14-7-8-15(22)16(12-14)23-18(25)20(9-10-20)19(26)24-11-3-5-13-4-1-2-6-17(13)24/h1-2,4,6-8,12H,3,5,9-11H2,(H,23,25). The minimum atomic E-state index is -1.00. The van der Waals surface area contributed by atoms with Gasteiger partial charge in [-0.3, -0.25) is 9.59 Å². The van der Waals surface area contributed by atoms with Gasteiger partial charge in [0.2, 0.25) is 11.8 Å². The molecule has 1 heterocycles. The van der Waals surface area contributed by atoms with E-state index in [1.807, 2.05) is 24.3 Å². The van der Waals surface area contributed by atoms with Crippen LogP contribution in [0.2, 0.25) is 10.0 Å². The summed E-state index contributed by atoms with van der Waals surface area (Å²) in [5.41, 5.74) is 1.50. The molecule has 1 fully saturated rings. The molecule has 26 heavy (non-hydrogen) atoms. The van der Waals surface area contributed by atoms with Gasteiger partial charge in [-0.1, -0.05) is 41.4 Å². The zero-order chi connectivity index (χ0) is 18.3. The number of anilines is 2. The van der Waals surface area contributed by atoms with E-state index in [2.05, 4.69) is 5.32 Å². The lowest BCUT2D eigenvalue weighted by atomic mass is 9.97. The highest BCUT2D eigenvalue weighted by atomic mass is 35.5. The van der Waals surface area contributed by atoms with Gasteiger partial charge >= 0.3 is 0 Å². The number of carbonyl (C=O) groups excluding carboxylic acids is 2. The first-order chi connectivity index (χ1) is 12.5. The summed E-state index contributed by atoms with van der Waals surface area (Å²) in [5, 5.41) is 3.67. The molecular weight excluding hydrogens is 371 g/mol. The van der Waals surface area contributed by atoms with Crippen LogP contribution in [-0.4, -0.2) is 18.4 Å². The SMILES string of the molecule is O=C(Nc1cc(Cl)ccc1Cl)C1(C(=O)N2CCCc3ccccc32)CC1. The Morgan fingerprint density at radius 1 is 1.08 bits per heavy atom. The molecule has 4 nitrogen and oxygen atoms in total. The minimum Gasteiger partial charge on any atom is -0.324 e. The number of fused-ring (bicyclic) bond motifs is 1. The highest BCUT2D eigenvalue weighted by Crippen LogP contribution is 2.49. The summed E-state index contributed by atoms with van der Waals surface area (Å²) in [6, 6.07) is 12.8. The molecule has 0 radical (unpaired) electrons. The fourth-order valence-electron chi connectivity index (χ4n) is 3.50. The van der Waals surface area contributed by atoms with Gasteiger partial charge in [0, 0.05) is 17.3 Å². The zero-order valence-electron chi connectivity index (χ0n) is 14.1. The number of nitrogens with zero attached hydrogens (tertiary/aromatic N) is 1. The monoisotopic (exact) mass is 388 g/mol. The first-order valence-electron chi connectivity index (χ1n) is 8.68. The molecule has 0 unspecified atom stereocenters. The summed E-state index contributed by atoms with van der Waals surface area (Å²) in [5.74, 6) is -0.435. The van der Waals surface area contributed by atoms with Crippen LogP contribution >= 0.6 is 23.2 Å². The Kier molecular flexibility index (Phi) is 4.41. The van der Waals surface area contributed by atoms with Gasteiger partial charge in [0.05, 0.1) is 10.7 Å². The van der Waals surface area contributed by atoms with Gasteiger partial charge < -0.3 is 10.2 Å². The molecular formula is C20H18Cl2N2O2.